The largest absolute Gasteiger partial charge is 0.245 e. The van der Waals surface area contributed by atoms with Crippen LogP contribution in [0.5, 0.6) is 0 Å². The molecule has 0 N–H and O–H groups in total. The van der Waals surface area contributed by atoms with Crippen LogP contribution >= 0.6 is 11.3 Å². The van der Waals surface area contributed by atoms with Gasteiger partial charge >= 0.3 is 0 Å². The van der Waals surface area contributed by atoms with Gasteiger partial charge in [-0.3, -0.25) is 0 Å². The first-order valence-corrected chi connectivity index (χ1v) is 6.67. The summed E-state index contributed by atoms with van der Waals surface area (Å²) >= 11 is 1.69. The zero-order valence-electron chi connectivity index (χ0n) is 9.68. The molecule has 0 saturated carbocycles. The van der Waals surface area contributed by atoms with E-state index in [0.717, 1.165) is 11.9 Å². The van der Waals surface area contributed by atoms with Gasteiger partial charge in [0.2, 0.25) is 0 Å². The molecule has 0 unspecified atom stereocenters. The molecule has 3 rings (SSSR count). The molecule has 2 heteroatoms. The van der Waals surface area contributed by atoms with Crippen molar-refractivity contribution in [2.45, 2.75) is 13.3 Å². The highest BCUT2D eigenvalue weighted by Crippen LogP contribution is 2.26. The van der Waals surface area contributed by atoms with E-state index >= 15 is 0 Å². The number of hydrogen-bond donors (Lipinski definition) is 0. The molecule has 1 aromatic heterocycles. The van der Waals surface area contributed by atoms with Gasteiger partial charge in [0, 0.05) is 0 Å². The van der Waals surface area contributed by atoms with Gasteiger partial charge in [-0.2, -0.15) is 0 Å². The molecule has 84 valence electrons. The first kappa shape index (κ1) is 10.5. The molecule has 0 aliphatic carbocycles. The van der Waals surface area contributed by atoms with Crippen LogP contribution in [0.15, 0.2) is 48.0 Å². The highest BCUT2D eigenvalue weighted by Gasteiger charge is 2.01. The van der Waals surface area contributed by atoms with E-state index in [1.165, 1.54) is 21.4 Å². The fraction of sp³-hybridized carbons (Fsp3) is 0.133. The van der Waals surface area contributed by atoms with Gasteiger partial charge in [0.1, 0.15) is 0 Å². The monoisotopic (exact) mass is 239 g/mol. The molecule has 17 heavy (non-hydrogen) atoms. The minimum atomic E-state index is 1.09. The molecule has 0 saturated heterocycles. The number of aryl methyl sites for hydroxylation is 1. The molecule has 0 atom stereocenters. The lowest BCUT2D eigenvalue weighted by Crippen LogP contribution is -1.81. The highest BCUT2D eigenvalue weighted by atomic mass is 32.1. The second kappa shape index (κ2) is 4.30. The van der Waals surface area contributed by atoms with Gasteiger partial charge in [-0.1, -0.05) is 37.3 Å². The number of benzene rings is 2. The maximum absolute atomic E-state index is 4.30. The van der Waals surface area contributed by atoms with Gasteiger partial charge in [-0.05, 0) is 35.2 Å². The van der Waals surface area contributed by atoms with Crippen molar-refractivity contribution in [3.8, 4) is 11.1 Å². The standard InChI is InChI=1S/C15H13NS/c1-2-11-3-5-12(6-4-11)13-7-8-14-15(9-13)17-10-16-14/h3-10H,2H2,1H3. The molecule has 0 bridgehead atoms. The Morgan fingerprint density at radius 2 is 1.76 bits per heavy atom. The van der Waals surface area contributed by atoms with E-state index in [4.69, 9.17) is 0 Å². The summed E-state index contributed by atoms with van der Waals surface area (Å²) in [6.45, 7) is 2.18. The Labute approximate surface area is 105 Å². The van der Waals surface area contributed by atoms with Crippen LogP contribution in [0.25, 0.3) is 21.3 Å². The molecule has 2 aromatic carbocycles. The topological polar surface area (TPSA) is 12.9 Å². The van der Waals surface area contributed by atoms with Gasteiger partial charge in [-0.15, -0.1) is 11.3 Å². The first-order chi connectivity index (χ1) is 8.36. The van der Waals surface area contributed by atoms with Crippen LogP contribution in [0.4, 0.5) is 0 Å². The van der Waals surface area contributed by atoms with E-state index in [2.05, 4.69) is 54.4 Å². The Morgan fingerprint density at radius 3 is 2.53 bits per heavy atom. The second-order valence-electron chi connectivity index (χ2n) is 4.09. The highest BCUT2D eigenvalue weighted by molar-refractivity contribution is 7.16. The molecule has 0 aliphatic rings. The van der Waals surface area contributed by atoms with E-state index in [1.807, 2.05) is 5.51 Å². The number of aromatic nitrogens is 1. The van der Waals surface area contributed by atoms with Crippen molar-refractivity contribution in [2.24, 2.45) is 0 Å². The van der Waals surface area contributed by atoms with Gasteiger partial charge in [0.15, 0.2) is 0 Å². The van der Waals surface area contributed by atoms with Crippen molar-refractivity contribution >= 4 is 21.6 Å². The maximum Gasteiger partial charge on any atom is 0.0812 e. The van der Waals surface area contributed by atoms with E-state index < -0.39 is 0 Å². The number of nitrogens with zero attached hydrogens (tertiary/aromatic N) is 1. The first-order valence-electron chi connectivity index (χ1n) is 5.79. The second-order valence-corrected chi connectivity index (χ2v) is 4.97. The van der Waals surface area contributed by atoms with Crippen LogP contribution in [0.2, 0.25) is 0 Å². The normalized spacial score (nSPS) is 10.9. The fourth-order valence-corrected chi connectivity index (χ4v) is 2.68. The molecule has 0 fully saturated rings. The maximum atomic E-state index is 4.30. The Bertz CT molecular complexity index is 637. The molecular formula is C15H13NS. The molecule has 0 amide bonds. The van der Waals surface area contributed by atoms with Crippen molar-refractivity contribution in [3.05, 3.63) is 53.5 Å². The predicted molar refractivity (Wildman–Crippen MR) is 74.4 cm³/mol. The Kier molecular flexibility index (Phi) is 2.65. The predicted octanol–water partition coefficient (Wildman–Crippen LogP) is 4.53. The average Bonchev–Trinajstić information content (AvgIpc) is 2.86. The summed E-state index contributed by atoms with van der Waals surface area (Å²) < 4.78 is 1.25. The lowest BCUT2D eigenvalue weighted by molar-refractivity contribution is 1.14. The molecule has 1 heterocycles. The van der Waals surface area contributed by atoms with Gasteiger partial charge in [-0.25, -0.2) is 4.98 Å². The lowest BCUT2D eigenvalue weighted by atomic mass is 10.0. The quantitative estimate of drug-likeness (QED) is 0.640. The van der Waals surface area contributed by atoms with Gasteiger partial charge in [0.05, 0.1) is 15.7 Å². The van der Waals surface area contributed by atoms with Crippen LogP contribution in [-0.2, 0) is 6.42 Å². The zero-order chi connectivity index (χ0) is 11.7. The Balaban J connectivity index is 2.06. The number of thiazole rings is 1. The third-order valence-corrected chi connectivity index (χ3v) is 3.82. The summed E-state index contributed by atoms with van der Waals surface area (Å²) in [5.41, 5.74) is 6.91. The third-order valence-electron chi connectivity index (χ3n) is 3.03. The lowest BCUT2D eigenvalue weighted by Gasteiger charge is -2.03. The molecule has 0 aliphatic heterocycles. The minimum Gasteiger partial charge on any atom is -0.245 e. The van der Waals surface area contributed by atoms with Crippen LogP contribution in [0.3, 0.4) is 0 Å². The van der Waals surface area contributed by atoms with Crippen molar-refractivity contribution < 1.29 is 0 Å². The average molecular weight is 239 g/mol. The van der Waals surface area contributed by atoms with E-state index in [-0.39, 0.29) is 0 Å². The molecular weight excluding hydrogens is 226 g/mol. The van der Waals surface area contributed by atoms with E-state index in [0.29, 0.717) is 0 Å². The van der Waals surface area contributed by atoms with Crippen molar-refractivity contribution in [1.82, 2.24) is 4.98 Å². The molecule has 3 aromatic rings. The van der Waals surface area contributed by atoms with Crippen LogP contribution in [0.1, 0.15) is 12.5 Å². The summed E-state index contributed by atoms with van der Waals surface area (Å²) in [5, 5.41) is 0. The van der Waals surface area contributed by atoms with Crippen LogP contribution in [0, 0.1) is 0 Å². The Hall–Kier alpha value is -1.67. The van der Waals surface area contributed by atoms with E-state index in [9.17, 15) is 0 Å². The summed E-state index contributed by atoms with van der Waals surface area (Å²) in [4.78, 5) is 4.30. The number of rotatable bonds is 2. The van der Waals surface area contributed by atoms with Crippen molar-refractivity contribution in [2.75, 3.05) is 0 Å². The van der Waals surface area contributed by atoms with Crippen LogP contribution < -0.4 is 0 Å². The summed E-state index contributed by atoms with van der Waals surface area (Å²) in [6, 6.07) is 15.2. The van der Waals surface area contributed by atoms with Crippen molar-refractivity contribution in [3.63, 3.8) is 0 Å². The SMILES string of the molecule is CCc1ccc(-c2ccc3ncsc3c2)cc1. The van der Waals surface area contributed by atoms with Gasteiger partial charge in [0.25, 0.3) is 0 Å². The fourth-order valence-electron chi connectivity index (χ4n) is 1.97. The molecule has 0 radical (unpaired) electrons. The Morgan fingerprint density at radius 1 is 1.00 bits per heavy atom. The third kappa shape index (κ3) is 1.96. The summed E-state index contributed by atoms with van der Waals surface area (Å²) in [5.74, 6) is 0. The summed E-state index contributed by atoms with van der Waals surface area (Å²) in [7, 11) is 0. The number of hydrogen-bond acceptors (Lipinski definition) is 2. The smallest absolute Gasteiger partial charge is 0.0812 e. The number of fused-ring (bicyclic) bond motifs is 1. The molecule has 1 nitrogen and oxygen atoms in total. The molecule has 0 spiro atoms. The van der Waals surface area contributed by atoms with E-state index in [1.54, 1.807) is 11.3 Å². The van der Waals surface area contributed by atoms with Crippen LogP contribution in [-0.4, -0.2) is 4.98 Å². The summed E-state index contributed by atoms with van der Waals surface area (Å²) in [6.07, 6.45) is 1.09. The minimum absolute atomic E-state index is 1.09. The van der Waals surface area contributed by atoms with Gasteiger partial charge < -0.3 is 0 Å². The zero-order valence-corrected chi connectivity index (χ0v) is 10.5. The van der Waals surface area contributed by atoms with Crippen molar-refractivity contribution in [1.29, 1.82) is 0 Å².